The van der Waals surface area contributed by atoms with Gasteiger partial charge in [-0.05, 0) is 24.5 Å². The SMILES string of the molecule is CCOCCOCCOc1ccc(B(O)O)cc1. The Morgan fingerprint density at radius 1 is 0.944 bits per heavy atom. The van der Waals surface area contributed by atoms with Crippen LogP contribution in [0.15, 0.2) is 24.3 Å². The molecule has 1 rings (SSSR count). The zero-order valence-corrected chi connectivity index (χ0v) is 10.5. The second-order valence-electron chi connectivity index (χ2n) is 3.60. The van der Waals surface area contributed by atoms with Gasteiger partial charge < -0.3 is 24.3 Å². The zero-order valence-electron chi connectivity index (χ0n) is 10.5. The Morgan fingerprint density at radius 3 is 2.17 bits per heavy atom. The van der Waals surface area contributed by atoms with E-state index in [-0.39, 0.29) is 0 Å². The van der Waals surface area contributed by atoms with E-state index in [1.807, 2.05) is 6.92 Å². The van der Waals surface area contributed by atoms with Crippen molar-refractivity contribution in [3.8, 4) is 5.75 Å². The fourth-order valence-electron chi connectivity index (χ4n) is 1.32. The number of hydrogen-bond acceptors (Lipinski definition) is 5. The molecule has 0 heterocycles. The third-order valence-electron chi connectivity index (χ3n) is 2.25. The van der Waals surface area contributed by atoms with Crippen LogP contribution in [0.25, 0.3) is 0 Å². The minimum Gasteiger partial charge on any atom is -0.491 e. The van der Waals surface area contributed by atoms with Crippen molar-refractivity contribution >= 4 is 12.6 Å². The van der Waals surface area contributed by atoms with Gasteiger partial charge >= 0.3 is 7.12 Å². The first-order chi connectivity index (χ1) is 8.74. The van der Waals surface area contributed by atoms with E-state index in [0.717, 1.165) is 0 Å². The molecule has 100 valence electrons. The molecule has 0 bridgehead atoms. The lowest BCUT2D eigenvalue weighted by Crippen LogP contribution is -2.29. The van der Waals surface area contributed by atoms with Gasteiger partial charge in [-0.25, -0.2) is 0 Å². The second kappa shape index (κ2) is 8.94. The molecule has 0 atom stereocenters. The highest BCUT2D eigenvalue weighted by Gasteiger charge is 2.09. The molecular formula is C12H19BO5. The molecule has 0 aliphatic rings. The van der Waals surface area contributed by atoms with Crippen LogP contribution in [0, 0.1) is 0 Å². The molecule has 0 saturated carbocycles. The molecule has 0 spiro atoms. The number of hydrogen-bond donors (Lipinski definition) is 2. The average Bonchev–Trinajstić information content (AvgIpc) is 2.38. The van der Waals surface area contributed by atoms with Gasteiger partial charge in [0.25, 0.3) is 0 Å². The Kier molecular flexibility index (Phi) is 7.44. The van der Waals surface area contributed by atoms with Crippen molar-refractivity contribution in [2.75, 3.05) is 33.0 Å². The molecule has 0 unspecified atom stereocenters. The summed E-state index contributed by atoms with van der Waals surface area (Å²) < 4.78 is 15.8. The summed E-state index contributed by atoms with van der Waals surface area (Å²) >= 11 is 0. The maximum absolute atomic E-state index is 8.91. The Balaban J connectivity index is 2.12. The fourth-order valence-corrected chi connectivity index (χ4v) is 1.32. The van der Waals surface area contributed by atoms with E-state index >= 15 is 0 Å². The highest BCUT2D eigenvalue weighted by molar-refractivity contribution is 6.58. The second-order valence-corrected chi connectivity index (χ2v) is 3.60. The van der Waals surface area contributed by atoms with Crippen LogP contribution >= 0.6 is 0 Å². The number of rotatable bonds is 9. The van der Waals surface area contributed by atoms with E-state index in [2.05, 4.69) is 0 Å². The van der Waals surface area contributed by atoms with E-state index < -0.39 is 7.12 Å². The van der Waals surface area contributed by atoms with Crippen LogP contribution in [0.3, 0.4) is 0 Å². The van der Waals surface area contributed by atoms with E-state index in [9.17, 15) is 0 Å². The maximum atomic E-state index is 8.91. The van der Waals surface area contributed by atoms with Crippen molar-refractivity contribution in [1.29, 1.82) is 0 Å². The predicted octanol–water partition coefficient (Wildman–Crippen LogP) is -0.202. The van der Waals surface area contributed by atoms with Crippen molar-refractivity contribution in [2.45, 2.75) is 6.92 Å². The molecule has 2 N–H and O–H groups in total. The monoisotopic (exact) mass is 254 g/mol. The summed E-state index contributed by atoms with van der Waals surface area (Å²) in [4.78, 5) is 0. The van der Waals surface area contributed by atoms with Gasteiger partial charge in [0.15, 0.2) is 0 Å². The normalized spacial score (nSPS) is 10.4. The Labute approximate surface area is 107 Å². The smallest absolute Gasteiger partial charge is 0.488 e. The van der Waals surface area contributed by atoms with Crippen LogP contribution in [0.5, 0.6) is 5.75 Å². The van der Waals surface area contributed by atoms with Gasteiger partial charge in [-0.3, -0.25) is 0 Å². The van der Waals surface area contributed by atoms with Gasteiger partial charge in [-0.1, -0.05) is 12.1 Å². The van der Waals surface area contributed by atoms with Crippen LogP contribution in [-0.2, 0) is 9.47 Å². The van der Waals surface area contributed by atoms with E-state index in [0.29, 0.717) is 44.2 Å². The summed E-state index contributed by atoms with van der Waals surface area (Å²) in [6, 6.07) is 6.59. The first kappa shape index (κ1) is 15.0. The van der Waals surface area contributed by atoms with Gasteiger partial charge in [-0.2, -0.15) is 0 Å². The third-order valence-corrected chi connectivity index (χ3v) is 2.25. The summed E-state index contributed by atoms with van der Waals surface area (Å²) in [5.74, 6) is 0.674. The summed E-state index contributed by atoms with van der Waals surface area (Å²) in [6.45, 7) is 4.75. The van der Waals surface area contributed by atoms with Crippen LogP contribution in [-0.4, -0.2) is 50.2 Å². The molecule has 0 radical (unpaired) electrons. The van der Waals surface area contributed by atoms with Crippen LogP contribution in [0.4, 0.5) is 0 Å². The van der Waals surface area contributed by atoms with Gasteiger partial charge in [-0.15, -0.1) is 0 Å². The molecule has 18 heavy (non-hydrogen) atoms. The van der Waals surface area contributed by atoms with Gasteiger partial charge in [0.2, 0.25) is 0 Å². The minimum atomic E-state index is -1.44. The van der Waals surface area contributed by atoms with Crippen molar-refractivity contribution in [3.63, 3.8) is 0 Å². The molecular weight excluding hydrogens is 235 g/mol. The largest absolute Gasteiger partial charge is 0.491 e. The molecule has 0 fully saturated rings. The molecule has 0 aliphatic carbocycles. The maximum Gasteiger partial charge on any atom is 0.488 e. The lowest BCUT2D eigenvalue weighted by atomic mass is 9.80. The van der Waals surface area contributed by atoms with E-state index in [4.69, 9.17) is 24.3 Å². The van der Waals surface area contributed by atoms with Crippen molar-refractivity contribution in [3.05, 3.63) is 24.3 Å². The van der Waals surface area contributed by atoms with Gasteiger partial charge in [0.1, 0.15) is 12.4 Å². The molecule has 1 aromatic rings. The van der Waals surface area contributed by atoms with Gasteiger partial charge in [0.05, 0.1) is 19.8 Å². The Hall–Kier alpha value is -1.08. The lowest BCUT2D eigenvalue weighted by molar-refractivity contribution is 0.0405. The van der Waals surface area contributed by atoms with Crippen molar-refractivity contribution in [1.82, 2.24) is 0 Å². The number of ether oxygens (including phenoxy) is 3. The zero-order chi connectivity index (χ0) is 13.2. The Morgan fingerprint density at radius 2 is 1.56 bits per heavy atom. The fraction of sp³-hybridized carbons (Fsp3) is 0.500. The van der Waals surface area contributed by atoms with Crippen LogP contribution in [0.2, 0.25) is 0 Å². The molecule has 0 amide bonds. The van der Waals surface area contributed by atoms with Crippen LogP contribution < -0.4 is 10.2 Å². The first-order valence-corrected chi connectivity index (χ1v) is 5.98. The third kappa shape index (κ3) is 6.02. The van der Waals surface area contributed by atoms with Crippen molar-refractivity contribution < 1.29 is 24.3 Å². The lowest BCUT2D eigenvalue weighted by Gasteiger charge is -2.08. The topological polar surface area (TPSA) is 68.2 Å². The highest BCUT2D eigenvalue weighted by atomic mass is 16.5. The van der Waals surface area contributed by atoms with E-state index in [1.165, 1.54) is 0 Å². The minimum absolute atomic E-state index is 0.440. The summed E-state index contributed by atoms with van der Waals surface area (Å²) in [5.41, 5.74) is 0.440. The highest BCUT2D eigenvalue weighted by Crippen LogP contribution is 2.07. The molecule has 0 aromatic heterocycles. The molecule has 0 saturated heterocycles. The summed E-state index contributed by atoms with van der Waals surface area (Å²) in [6.07, 6.45) is 0. The molecule has 1 aromatic carbocycles. The predicted molar refractivity (Wildman–Crippen MR) is 69.1 cm³/mol. The average molecular weight is 254 g/mol. The van der Waals surface area contributed by atoms with Crippen molar-refractivity contribution in [2.24, 2.45) is 0 Å². The Bertz CT molecular complexity index is 315. The number of benzene rings is 1. The first-order valence-electron chi connectivity index (χ1n) is 5.98. The molecule has 6 heteroatoms. The summed E-state index contributed by atoms with van der Waals surface area (Å²) in [5, 5.41) is 17.8. The van der Waals surface area contributed by atoms with E-state index in [1.54, 1.807) is 24.3 Å². The summed E-state index contributed by atoms with van der Waals surface area (Å²) in [7, 11) is -1.44. The van der Waals surface area contributed by atoms with Gasteiger partial charge in [0, 0.05) is 6.61 Å². The molecule has 5 nitrogen and oxygen atoms in total. The quantitative estimate of drug-likeness (QED) is 0.471. The molecule has 0 aliphatic heterocycles. The standard InChI is InChI=1S/C12H19BO5/c1-2-16-7-8-17-9-10-18-12-5-3-11(4-6-12)13(14)15/h3-6,14-15H,2,7-10H2,1H3. The van der Waals surface area contributed by atoms with Crippen LogP contribution in [0.1, 0.15) is 6.92 Å².